The minimum absolute atomic E-state index is 0.233. The van der Waals surface area contributed by atoms with E-state index in [9.17, 15) is 14.0 Å². The van der Waals surface area contributed by atoms with Gasteiger partial charge < -0.3 is 4.90 Å². The first-order chi connectivity index (χ1) is 14.5. The maximum Gasteiger partial charge on any atom is 0.282 e. The summed E-state index contributed by atoms with van der Waals surface area (Å²) < 4.78 is 13.9. The van der Waals surface area contributed by atoms with Crippen LogP contribution in [0, 0.1) is 12.7 Å². The number of aryl methyl sites for hydroxylation is 1. The molecule has 2 amide bonds. The van der Waals surface area contributed by atoms with E-state index in [-0.39, 0.29) is 5.69 Å². The second kappa shape index (κ2) is 6.95. The van der Waals surface area contributed by atoms with E-state index in [1.54, 1.807) is 6.07 Å². The summed E-state index contributed by atoms with van der Waals surface area (Å²) in [5, 5.41) is 0. The van der Waals surface area contributed by atoms with Crippen molar-refractivity contribution in [2.75, 3.05) is 16.3 Å². The predicted molar refractivity (Wildman–Crippen MR) is 114 cm³/mol. The molecule has 148 valence electrons. The van der Waals surface area contributed by atoms with Gasteiger partial charge in [-0.05, 0) is 48.7 Å². The molecule has 5 heteroatoms. The molecule has 2 heterocycles. The highest BCUT2D eigenvalue weighted by Crippen LogP contribution is 2.40. The van der Waals surface area contributed by atoms with E-state index in [0.717, 1.165) is 28.1 Å². The number of carbonyl (C=O) groups excluding carboxylic acids is 2. The van der Waals surface area contributed by atoms with Gasteiger partial charge in [0.15, 0.2) is 0 Å². The zero-order valence-electron chi connectivity index (χ0n) is 16.4. The van der Waals surface area contributed by atoms with Crippen LogP contribution in [0.4, 0.5) is 15.8 Å². The van der Waals surface area contributed by atoms with Gasteiger partial charge >= 0.3 is 0 Å². The van der Waals surface area contributed by atoms with Gasteiger partial charge in [0.25, 0.3) is 11.8 Å². The molecule has 0 N–H and O–H groups in total. The number of amides is 2. The monoisotopic (exact) mass is 398 g/mol. The van der Waals surface area contributed by atoms with Gasteiger partial charge in [-0.25, -0.2) is 9.29 Å². The number of benzene rings is 3. The van der Waals surface area contributed by atoms with E-state index in [0.29, 0.717) is 23.4 Å². The first-order valence-corrected chi connectivity index (χ1v) is 9.86. The molecule has 0 spiro atoms. The zero-order valence-corrected chi connectivity index (χ0v) is 16.4. The second-order valence-corrected chi connectivity index (χ2v) is 7.55. The van der Waals surface area contributed by atoms with Crippen LogP contribution in [0.2, 0.25) is 0 Å². The van der Waals surface area contributed by atoms with E-state index in [1.807, 2.05) is 60.4 Å². The SMILES string of the molecule is Cc1ccc(C2=C(N3CCc4ccccc43)C(=O)N(c3cccc(F)c3)C2=O)cc1. The van der Waals surface area contributed by atoms with Crippen molar-refractivity contribution >= 4 is 28.8 Å². The number of fused-ring (bicyclic) bond motifs is 1. The molecule has 2 aliphatic rings. The molecule has 0 saturated carbocycles. The molecule has 2 aliphatic heterocycles. The third-order valence-corrected chi connectivity index (χ3v) is 5.62. The molecule has 3 aromatic carbocycles. The maximum atomic E-state index is 13.9. The minimum atomic E-state index is -0.495. The Labute approximate surface area is 173 Å². The van der Waals surface area contributed by atoms with Gasteiger partial charge in [0, 0.05) is 12.2 Å². The number of nitrogens with zero attached hydrogens (tertiary/aromatic N) is 2. The van der Waals surface area contributed by atoms with Gasteiger partial charge in [0.1, 0.15) is 11.5 Å². The number of halogens is 1. The van der Waals surface area contributed by atoms with E-state index < -0.39 is 17.6 Å². The number of anilines is 2. The van der Waals surface area contributed by atoms with Gasteiger partial charge in [-0.15, -0.1) is 0 Å². The minimum Gasteiger partial charge on any atom is -0.336 e. The Balaban J connectivity index is 1.69. The number of para-hydroxylation sites is 1. The standard InChI is InChI=1S/C25H19FN2O2/c1-16-9-11-18(12-10-16)22-23(27-14-13-17-5-2-3-8-21(17)27)25(30)28(24(22)29)20-7-4-6-19(26)15-20/h2-12,15H,13-14H2,1H3. The van der Waals surface area contributed by atoms with Gasteiger partial charge in [-0.1, -0.05) is 54.1 Å². The molecule has 0 fully saturated rings. The predicted octanol–water partition coefficient (Wildman–Crippen LogP) is 4.48. The lowest BCUT2D eigenvalue weighted by molar-refractivity contribution is -0.120. The fourth-order valence-corrected chi connectivity index (χ4v) is 4.17. The zero-order chi connectivity index (χ0) is 20.8. The van der Waals surface area contributed by atoms with Crippen molar-refractivity contribution in [2.45, 2.75) is 13.3 Å². The van der Waals surface area contributed by atoms with Crippen LogP contribution in [0.3, 0.4) is 0 Å². The number of carbonyl (C=O) groups is 2. The summed E-state index contributed by atoms with van der Waals surface area (Å²) in [5.74, 6) is -1.36. The Hall–Kier alpha value is -3.73. The van der Waals surface area contributed by atoms with Crippen LogP contribution in [0.25, 0.3) is 5.57 Å². The Morgan fingerprint density at radius 2 is 1.63 bits per heavy atom. The first-order valence-electron chi connectivity index (χ1n) is 9.86. The third kappa shape index (κ3) is 2.82. The molecule has 4 nitrogen and oxygen atoms in total. The van der Waals surface area contributed by atoms with E-state index in [1.165, 1.54) is 18.2 Å². The lowest BCUT2D eigenvalue weighted by Gasteiger charge is -2.21. The van der Waals surface area contributed by atoms with Crippen LogP contribution in [0.5, 0.6) is 0 Å². The number of hydrogen-bond acceptors (Lipinski definition) is 3. The summed E-state index contributed by atoms with van der Waals surface area (Å²) in [5.41, 5.74) is 4.73. The number of rotatable bonds is 3. The lowest BCUT2D eigenvalue weighted by Crippen LogP contribution is -2.34. The van der Waals surface area contributed by atoms with E-state index in [4.69, 9.17) is 0 Å². The van der Waals surface area contributed by atoms with Crippen molar-refractivity contribution in [2.24, 2.45) is 0 Å². The quantitative estimate of drug-likeness (QED) is 0.611. The molecule has 0 bridgehead atoms. The van der Waals surface area contributed by atoms with Crippen molar-refractivity contribution < 1.29 is 14.0 Å². The van der Waals surface area contributed by atoms with Crippen molar-refractivity contribution in [3.63, 3.8) is 0 Å². The summed E-state index contributed by atoms with van der Waals surface area (Å²) in [7, 11) is 0. The van der Waals surface area contributed by atoms with Crippen molar-refractivity contribution in [1.82, 2.24) is 0 Å². The van der Waals surface area contributed by atoms with Gasteiger partial charge in [0.2, 0.25) is 0 Å². The molecule has 0 atom stereocenters. The van der Waals surface area contributed by atoms with Crippen LogP contribution in [0.1, 0.15) is 16.7 Å². The van der Waals surface area contributed by atoms with Crippen LogP contribution in [-0.2, 0) is 16.0 Å². The first kappa shape index (κ1) is 18.3. The van der Waals surface area contributed by atoms with E-state index >= 15 is 0 Å². The molecule has 0 unspecified atom stereocenters. The molecule has 0 saturated heterocycles. The Morgan fingerprint density at radius 1 is 0.867 bits per heavy atom. The van der Waals surface area contributed by atoms with Crippen LogP contribution >= 0.6 is 0 Å². The lowest BCUT2D eigenvalue weighted by atomic mass is 10.0. The smallest absolute Gasteiger partial charge is 0.282 e. The molecule has 30 heavy (non-hydrogen) atoms. The van der Waals surface area contributed by atoms with Crippen molar-refractivity contribution in [3.8, 4) is 0 Å². The highest BCUT2D eigenvalue weighted by atomic mass is 19.1. The molecule has 0 radical (unpaired) electrons. The normalized spacial score (nSPS) is 15.9. The fourth-order valence-electron chi connectivity index (χ4n) is 4.17. The molecule has 0 aromatic heterocycles. The third-order valence-electron chi connectivity index (χ3n) is 5.62. The average Bonchev–Trinajstić information content (AvgIpc) is 3.27. The highest BCUT2D eigenvalue weighted by Gasteiger charge is 2.44. The Bertz CT molecular complexity index is 1210. The Kier molecular flexibility index (Phi) is 4.24. The average molecular weight is 398 g/mol. The topological polar surface area (TPSA) is 40.6 Å². The summed E-state index contributed by atoms with van der Waals surface area (Å²) in [6.07, 6.45) is 0.794. The summed E-state index contributed by atoms with van der Waals surface area (Å²) in [6.45, 7) is 2.58. The molecular weight excluding hydrogens is 379 g/mol. The van der Waals surface area contributed by atoms with E-state index in [2.05, 4.69) is 0 Å². The van der Waals surface area contributed by atoms with Gasteiger partial charge in [-0.2, -0.15) is 0 Å². The Morgan fingerprint density at radius 3 is 2.40 bits per heavy atom. The molecule has 5 rings (SSSR count). The molecule has 0 aliphatic carbocycles. The maximum absolute atomic E-state index is 13.9. The second-order valence-electron chi connectivity index (χ2n) is 7.55. The van der Waals surface area contributed by atoms with Crippen LogP contribution in [0.15, 0.2) is 78.5 Å². The van der Waals surface area contributed by atoms with Gasteiger partial charge in [0.05, 0.1) is 11.3 Å². The summed E-state index contributed by atoms with van der Waals surface area (Å²) in [6, 6.07) is 21.0. The highest BCUT2D eigenvalue weighted by molar-refractivity contribution is 6.46. The molecule has 3 aromatic rings. The molecular formula is C25H19FN2O2. The van der Waals surface area contributed by atoms with Crippen LogP contribution in [-0.4, -0.2) is 18.4 Å². The van der Waals surface area contributed by atoms with Crippen molar-refractivity contribution in [3.05, 3.63) is 101 Å². The summed E-state index contributed by atoms with van der Waals surface area (Å²) in [4.78, 5) is 30.0. The summed E-state index contributed by atoms with van der Waals surface area (Å²) >= 11 is 0. The van der Waals surface area contributed by atoms with Crippen molar-refractivity contribution in [1.29, 1.82) is 0 Å². The van der Waals surface area contributed by atoms with Crippen LogP contribution < -0.4 is 9.80 Å². The number of hydrogen-bond donors (Lipinski definition) is 0. The fraction of sp³-hybridized carbons (Fsp3) is 0.120. The van der Waals surface area contributed by atoms with Gasteiger partial charge in [-0.3, -0.25) is 9.59 Å². The largest absolute Gasteiger partial charge is 0.336 e. The number of imide groups is 1.